The van der Waals surface area contributed by atoms with Crippen LogP contribution in [0.1, 0.15) is 40.5 Å². The van der Waals surface area contributed by atoms with Gasteiger partial charge < -0.3 is 10.1 Å². The van der Waals surface area contributed by atoms with Gasteiger partial charge in [-0.3, -0.25) is 9.69 Å². The smallest absolute Gasteiger partial charge is 0.327 e. The molecule has 1 aliphatic rings. The summed E-state index contributed by atoms with van der Waals surface area (Å²) in [5.74, 6) is 0.542. The highest BCUT2D eigenvalue weighted by molar-refractivity contribution is 5.80. The van der Waals surface area contributed by atoms with Gasteiger partial charge in [-0.25, -0.2) is 0 Å². The van der Waals surface area contributed by atoms with Crippen molar-refractivity contribution < 1.29 is 9.53 Å². The summed E-state index contributed by atoms with van der Waals surface area (Å²) in [6.07, 6.45) is 2.50. The van der Waals surface area contributed by atoms with E-state index in [0.29, 0.717) is 25.1 Å². The Bertz CT molecular complexity index is 283. The Morgan fingerprint density at radius 3 is 2.72 bits per heavy atom. The van der Waals surface area contributed by atoms with Crippen molar-refractivity contribution >= 4 is 5.97 Å². The zero-order valence-electron chi connectivity index (χ0n) is 12.5. The van der Waals surface area contributed by atoms with Crippen molar-refractivity contribution in [3.8, 4) is 0 Å². The first-order valence-corrected chi connectivity index (χ1v) is 7.04. The zero-order valence-corrected chi connectivity index (χ0v) is 12.5. The minimum absolute atomic E-state index is 0.155. The molecule has 18 heavy (non-hydrogen) atoms. The number of nitrogens with zero attached hydrogens (tertiary/aromatic N) is 1. The third-order valence-electron chi connectivity index (χ3n) is 4.30. The number of rotatable bonds is 5. The van der Waals surface area contributed by atoms with E-state index < -0.39 is 5.54 Å². The molecule has 3 unspecified atom stereocenters. The summed E-state index contributed by atoms with van der Waals surface area (Å²) in [6, 6.07) is 0.529. The summed E-state index contributed by atoms with van der Waals surface area (Å²) in [6.45, 7) is 10.5. The molecule has 0 aromatic carbocycles. The maximum Gasteiger partial charge on any atom is 0.327 e. The highest BCUT2D eigenvalue weighted by Gasteiger charge is 2.37. The molecule has 0 bridgehead atoms. The van der Waals surface area contributed by atoms with Crippen LogP contribution < -0.4 is 5.32 Å². The molecule has 0 spiro atoms. The Morgan fingerprint density at radius 2 is 2.17 bits per heavy atom. The monoisotopic (exact) mass is 256 g/mol. The molecule has 0 saturated carbocycles. The van der Waals surface area contributed by atoms with E-state index in [9.17, 15) is 4.79 Å². The standard InChI is InChI=1S/C14H28N2O2/c1-6-18-13(17)14(4,15-5)10-16-9-7-8-11(2)12(16)3/h11-12,15H,6-10H2,1-5H3. The van der Waals surface area contributed by atoms with Gasteiger partial charge in [0.15, 0.2) is 0 Å². The lowest BCUT2D eigenvalue weighted by atomic mass is 9.90. The largest absolute Gasteiger partial charge is 0.465 e. The maximum atomic E-state index is 12.0. The van der Waals surface area contributed by atoms with Gasteiger partial charge in [-0.1, -0.05) is 6.92 Å². The second-order valence-electron chi connectivity index (χ2n) is 5.63. The molecule has 0 aromatic heterocycles. The van der Waals surface area contributed by atoms with Crippen LogP contribution in [0.2, 0.25) is 0 Å². The van der Waals surface area contributed by atoms with Crippen LogP contribution in [0.5, 0.6) is 0 Å². The normalized spacial score (nSPS) is 28.7. The Kier molecular flexibility index (Phi) is 5.60. The highest BCUT2D eigenvalue weighted by atomic mass is 16.5. The fourth-order valence-electron chi connectivity index (χ4n) is 2.59. The van der Waals surface area contributed by atoms with Gasteiger partial charge in [0.25, 0.3) is 0 Å². The molecule has 4 heteroatoms. The number of carbonyl (C=O) groups is 1. The Balaban J connectivity index is 2.69. The topological polar surface area (TPSA) is 41.6 Å². The summed E-state index contributed by atoms with van der Waals surface area (Å²) in [5.41, 5.74) is -0.610. The second kappa shape index (κ2) is 6.53. The fourth-order valence-corrected chi connectivity index (χ4v) is 2.59. The van der Waals surface area contributed by atoms with Crippen LogP contribution >= 0.6 is 0 Å². The predicted octanol–water partition coefficient (Wildman–Crippen LogP) is 1.65. The molecular weight excluding hydrogens is 228 g/mol. The average molecular weight is 256 g/mol. The van der Waals surface area contributed by atoms with Gasteiger partial charge in [-0.2, -0.15) is 0 Å². The molecular formula is C14H28N2O2. The van der Waals surface area contributed by atoms with Crippen LogP contribution in [-0.4, -0.2) is 49.2 Å². The van der Waals surface area contributed by atoms with Gasteiger partial charge in [0.05, 0.1) is 6.61 Å². The molecule has 3 atom stereocenters. The summed E-state index contributed by atoms with van der Waals surface area (Å²) in [5, 5.41) is 3.13. The van der Waals surface area contributed by atoms with Crippen molar-refractivity contribution in [1.82, 2.24) is 10.2 Å². The van der Waals surface area contributed by atoms with E-state index in [1.165, 1.54) is 12.8 Å². The minimum Gasteiger partial charge on any atom is -0.465 e. The zero-order chi connectivity index (χ0) is 13.8. The van der Waals surface area contributed by atoms with Gasteiger partial charge in [-0.15, -0.1) is 0 Å². The Hall–Kier alpha value is -0.610. The van der Waals surface area contributed by atoms with Crippen molar-refractivity contribution in [2.75, 3.05) is 26.7 Å². The Labute approximate surface area is 111 Å². The van der Waals surface area contributed by atoms with E-state index in [-0.39, 0.29) is 5.97 Å². The molecule has 1 saturated heterocycles. The summed E-state index contributed by atoms with van der Waals surface area (Å²) in [7, 11) is 1.83. The van der Waals surface area contributed by atoms with Gasteiger partial charge in [0, 0.05) is 12.6 Å². The van der Waals surface area contributed by atoms with Crippen molar-refractivity contribution in [2.24, 2.45) is 5.92 Å². The number of esters is 1. The van der Waals surface area contributed by atoms with Crippen LogP contribution in [0, 0.1) is 5.92 Å². The first-order chi connectivity index (χ1) is 8.44. The number of carbonyl (C=O) groups excluding carboxylic acids is 1. The number of piperidine rings is 1. The van der Waals surface area contributed by atoms with E-state index >= 15 is 0 Å². The molecule has 1 heterocycles. The second-order valence-corrected chi connectivity index (χ2v) is 5.63. The molecule has 0 radical (unpaired) electrons. The van der Waals surface area contributed by atoms with E-state index in [1.807, 2.05) is 20.9 Å². The highest BCUT2D eigenvalue weighted by Crippen LogP contribution is 2.24. The van der Waals surface area contributed by atoms with Crippen molar-refractivity contribution in [3.63, 3.8) is 0 Å². The van der Waals surface area contributed by atoms with E-state index in [4.69, 9.17) is 4.74 Å². The number of hydrogen-bond acceptors (Lipinski definition) is 4. The van der Waals surface area contributed by atoms with E-state index in [1.54, 1.807) is 0 Å². The number of hydrogen-bond donors (Lipinski definition) is 1. The van der Waals surface area contributed by atoms with E-state index in [0.717, 1.165) is 6.54 Å². The van der Waals surface area contributed by atoms with Crippen molar-refractivity contribution in [2.45, 2.75) is 52.1 Å². The van der Waals surface area contributed by atoms with Crippen LogP contribution in [-0.2, 0) is 9.53 Å². The molecule has 1 rings (SSSR count). The number of likely N-dealkylation sites (N-methyl/N-ethyl adjacent to an activating group) is 1. The lowest BCUT2D eigenvalue weighted by Gasteiger charge is -2.42. The average Bonchev–Trinajstić information content (AvgIpc) is 2.35. The van der Waals surface area contributed by atoms with Crippen LogP contribution in [0.3, 0.4) is 0 Å². The third-order valence-corrected chi connectivity index (χ3v) is 4.30. The SMILES string of the molecule is CCOC(=O)C(C)(CN1CCCC(C)C1C)NC. The van der Waals surface area contributed by atoms with E-state index in [2.05, 4.69) is 24.1 Å². The van der Waals surface area contributed by atoms with Crippen molar-refractivity contribution in [1.29, 1.82) is 0 Å². The molecule has 0 aliphatic carbocycles. The van der Waals surface area contributed by atoms with Gasteiger partial charge in [0.1, 0.15) is 5.54 Å². The third kappa shape index (κ3) is 3.45. The van der Waals surface area contributed by atoms with Crippen LogP contribution in [0.25, 0.3) is 0 Å². The summed E-state index contributed by atoms with van der Waals surface area (Å²) < 4.78 is 5.17. The van der Waals surface area contributed by atoms with Gasteiger partial charge in [0.2, 0.25) is 0 Å². The number of likely N-dealkylation sites (tertiary alicyclic amines) is 1. The molecule has 4 nitrogen and oxygen atoms in total. The maximum absolute atomic E-state index is 12.0. The molecule has 1 aliphatic heterocycles. The predicted molar refractivity (Wildman–Crippen MR) is 73.5 cm³/mol. The van der Waals surface area contributed by atoms with Crippen LogP contribution in [0.4, 0.5) is 0 Å². The first-order valence-electron chi connectivity index (χ1n) is 7.04. The summed E-state index contributed by atoms with van der Waals surface area (Å²) in [4.78, 5) is 14.5. The Morgan fingerprint density at radius 1 is 1.50 bits per heavy atom. The number of ether oxygens (including phenoxy) is 1. The summed E-state index contributed by atoms with van der Waals surface area (Å²) >= 11 is 0. The van der Waals surface area contributed by atoms with Crippen molar-refractivity contribution in [3.05, 3.63) is 0 Å². The first kappa shape index (κ1) is 15.4. The molecule has 0 amide bonds. The number of nitrogens with one attached hydrogen (secondary N) is 1. The molecule has 0 aromatic rings. The minimum atomic E-state index is -0.610. The fraction of sp³-hybridized carbons (Fsp3) is 0.929. The lowest BCUT2D eigenvalue weighted by molar-refractivity contribution is -0.151. The van der Waals surface area contributed by atoms with Gasteiger partial charge in [-0.05, 0) is 53.1 Å². The molecule has 106 valence electrons. The quantitative estimate of drug-likeness (QED) is 0.759. The molecule has 1 fully saturated rings. The van der Waals surface area contributed by atoms with Crippen LogP contribution in [0.15, 0.2) is 0 Å². The lowest BCUT2D eigenvalue weighted by Crippen LogP contribution is -2.59. The van der Waals surface area contributed by atoms with Gasteiger partial charge >= 0.3 is 5.97 Å². The molecule has 1 N–H and O–H groups in total.